The van der Waals surface area contributed by atoms with Crippen molar-refractivity contribution in [2.45, 2.75) is 43.0 Å². The van der Waals surface area contributed by atoms with Crippen molar-refractivity contribution < 1.29 is 19.1 Å². The second kappa shape index (κ2) is 7.14. The third-order valence-electron chi connectivity index (χ3n) is 4.90. The summed E-state index contributed by atoms with van der Waals surface area (Å²) in [7, 11) is 0. The van der Waals surface area contributed by atoms with Crippen LogP contribution in [-0.4, -0.2) is 41.8 Å². The van der Waals surface area contributed by atoms with Gasteiger partial charge in [-0.3, -0.25) is 4.79 Å². The molecule has 0 unspecified atom stereocenters. The van der Waals surface area contributed by atoms with E-state index in [2.05, 4.69) is 16.0 Å². The molecule has 3 heterocycles. The Hall–Kier alpha value is -2.29. The number of thioether (sulfide) groups is 1. The van der Waals surface area contributed by atoms with E-state index in [-0.39, 0.29) is 30.8 Å². The molecule has 3 aliphatic rings. The second-order valence-corrected chi connectivity index (χ2v) is 7.98. The van der Waals surface area contributed by atoms with E-state index in [1.54, 1.807) is 12.1 Å². The first-order valence-corrected chi connectivity index (χ1v) is 9.82. The van der Waals surface area contributed by atoms with Gasteiger partial charge in [0.2, 0.25) is 12.7 Å². The number of nitrogens with two attached hydrogens (primary N) is 1. The predicted molar refractivity (Wildman–Crippen MR) is 99.6 cm³/mol. The highest BCUT2D eigenvalue weighted by atomic mass is 32.2. The molecule has 5 N–H and O–H groups in total. The van der Waals surface area contributed by atoms with E-state index in [1.165, 1.54) is 0 Å². The smallest absolute Gasteiger partial charge is 0.315 e. The zero-order chi connectivity index (χ0) is 18.1. The quantitative estimate of drug-likeness (QED) is 0.340. The molecule has 9 heteroatoms. The van der Waals surface area contributed by atoms with Crippen molar-refractivity contribution in [1.82, 2.24) is 10.6 Å². The van der Waals surface area contributed by atoms with Gasteiger partial charge >= 0.3 is 6.03 Å². The summed E-state index contributed by atoms with van der Waals surface area (Å²) in [5.41, 5.74) is 6.95. The Bertz CT molecular complexity index is 729. The number of fused-ring (bicyclic) bond motifs is 2. The summed E-state index contributed by atoms with van der Waals surface area (Å²) in [5, 5.41) is 9.19. The van der Waals surface area contributed by atoms with Crippen LogP contribution in [-0.2, 0) is 4.79 Å². The lowest BCUT2D eigenvalue weighted by Gasteiger charge is -2.16. The Labute approximate surface area is 155 Å². The van der Waals surface area contributed by atoms with Gasteiger partial charge in [-0.1, -0.05) is 6.42 Å². The van der Waals surface area contributed by atoms with Gasteiger partial charge in [-0.05, 0) is 12.8 Å². The molecule has 8 nitrogen and oxygen atoms in total. The molecule has 3 atom stereocenters. The fourth-order valence-corrected chi connectivity index (χ4v) is 5.10. The zero-order valence-corrected chi connectivity index (χ0v) is 15.1. The van der Waals surface area contributed by atoms with E-state index >= 15 is 0 Å². The molecular formula is C17H22N4O4S. The number of urea groups is 1. The van der Waals surface area contributed by atoms with Crippen molar-refractivity contribution in [2.24, 2.45) is 0 Å². The number of nitrogen functional groups attached to an aromatic ring is 1. The molecule has 2 saturated heterocycles. The van der Waals surface area contributed by atoms with Gasteiger partial charge in [0.25, 0.3) is 0 Å². The van der Waals surface area contributed by atoms with Crippen molar-refractivity contribution in [2.75, 3.05) is 23.6 Å². The molecule has 26 heavy (non-hydrogen) atoms. The van der Waals surface area contributed by atoms with E-state index in [0.29, 0.717) is 34.5 Å². The minimum Gasteiger partial charge on any atom is -0.454 e. The van der Waals surface area contributed by atoms with Gasteiger partial charge in [0.15, 0.2) is 11.5 Å². The first kappa shape index (κ1) is 17.1. The summed E-state index contributed by atoms with van der Waals surface area (Å²) >= 11 is 1.89. The Morgan fingerprint density at radius 1 is 1.27 bits per heavy atom. The highest BCUT2D eigenvalue weighted by Gasteiger charge is 2.42. The Morgan fingerprint density at radius 2 is 2.08 bits per heavy atom. The maximum Gasteiger partial charge on any atom is 0.315 e. The number of unbranched alkanes of at least 4 members (excludes halogenated alkanes) is 1. The van der Waals surface area contributed by atoms with E-state index in [9.17, 15) is 9.59 Å². The molecule has 3 amide bonds. The van der Waals surface area contributed by atoms with E-state index in [1.807, 2.05) is 11.8 Å². The Morgan fingerprint density at radius 3 is 2.92 bits per heavy atom. The number of anilines is 2. The van der Waals surface area contributed by atoms with Crippen LogP contribution in [0, 0.1) is 0 Å². The Balaban J connectivity index is 1.21. The molecule has 0 aliphatic carbocycles. The third-order valence-corrected chi connectivity index (χ3v) is 6.41. The van der Waals surface area contributed by atoms with E-state index < -0.39 is 0 Å². The van der Waals surface area contributed by atoms with E-state index in [4.69, 9.17) is 15.2 Å². The number of carbonyl (C=O) groups is 2. The third kappa shape index (κ3) is 3.48. The molecular weight excluding hydrogens is 356 g/mol. The van der Waals surface area contributed by atoms with Crippen molar-refractivity contribution in [3.05, 3.63) is 12.1 Å². The summed E-state index contributed by atoms with van der Waals surface area (Å²) in [4.78, 5) is 23.6. The van der Waals surface area contributed by atoms with Gasteiger partial charge in [-0.15, -0.1) is 0 Å². The average molecular weight is 378 g/mol. The number of benzene rings is 1. The van der Waals surface area contributed by atoms with Crippen molar-refractivity contribution in [3.63, 3.8) is 0 Å². The van der Waals surface area contributed by atoms with Crippen LogP contribution in [0.5, 0.6) is 11.5 Å². The Kier molecular flexibility index (Phi) is 4.71. The summed E-state index contributed by atoms with van der Waals surface area (Å²) in [6.45, 7) is 0.170. The number of amides is 3. The summed E-state index contributed by atoms with van der Waals surface area (Å²) in [6, 6.07) is 3.76. The minimum absolute atomic E-state index is 0.0639. The largest absolute Gasteiger partial charge is 0.454 e. The molecule has 1 aromatic rings. The predicted octanol–water partition coefficient (Wildman–Crippen LogP) is 1.66. The SMILES string of the molecule is Nc1cc2c(cc1NC(=O)CCCC[C@@H]1SC[C@@H]3NC(=O)N[C@@H]31)OCO2. The molecule has 2 fully saturated rings. The lowest BCUT2D eigenvalue weighted by Crippen LogP contribution is -2.36. The fourth-order valence-electron chi connectivity index (χ4n) is 3.55. The topological polar surface area (TPSA) is 115 Å². The van der Waals surface area contributed by atoms with Crippen LogP contribution >= 0.6 is 11.8 Å². The van der Waals surface area contributed by atoms with Gasteiger partial charge in [0.1, 0.15) is 0 Å². The van der Waals surface area contributed by atoms with Crippen LogP contribution in [0.15, 0.2) is 12.1 Å². The minimum atomic E-state index is -0.0663. The van der Waals surface area contributed by atoms with Crippen molar-refractivity contribution in [1.29, 1.82) is 0 Å². The van der Waals surface area contributed by atoms with Crippen LogP contribution in [0.25, 0.3) is 0 Å². The van der Waals surface area contributed by atoms with Gasteiger partial charge in [0, 0.05) is 29.6 Å². The number of hydrogen-bond donors (Lipinski definition) is 4. The molecule has 140 valence electrons. The standard InChI is InChI=1S/C17H22N4O4S/c18-9-5-12-13(25-8-24-12)6-10(9)19-15(22)4-2-1-3-14-16-11(7-26-14)20-17(23)21-16/h5-6,11,14,16H,1-4,7-8,18H2,(H,19,22)(H2,20,21,23)/t11-,14-,16-/m0/s1. The van der Waals surface area contributed by atoms with Gasteiger partial charge in [-0.25, -0.2) is 4.79 Å². The highest BCUT2D eigenvalue weighted by molar-refractivity contribution is 8.00. The molecule has 0 spiro atoms. The van der Waals surface area contributed by atoms with Crippen molar-refractivity contribution >= 4 is 35.1 Å². The first-order chi connectivity index (χ1) is 12.6. The average Bonchev–Trinajstić information content (AvgIpc) is 3.28. The lowest BCUT2D eigenvalue weighted by atomic mass is 10.0. The molecule has 3 aliphatic heterocycles. The van der Waals surface area contributed by atoms with Crippen LogP contribution < -0.4 is 31.2 Å². The molecule has 1 aromatic carbocycles. The number of rotatable bonds is 6. The van der Waals surface area contributed by atoms with Gasteiger partial charge in [0.05, 0.1) is 23.5 Å². The maximum atomic E-state index is 12.2. The lowest BCUT2D eigenvalue weighted by molar-refractivity contribution is -0.116. The number of carbonyl (C=O) groups excluding carboxylic acids is 2. The molecule has 0 radical (unpaired) electrons. The summed E-state index contributed by atoms with van der Waals surface area (Å²) < 4.78 is 10.6. The number of ether oxygens (including phenoxy) is 2. The van der Waals surface area contributed by atoms with Gasteiger partial charge in [-0.2, -0.15) is 11.8 Å². The van der Waals surface area contributed by atoms with Crippen LogP contribution in [0.2, 0.25) is 0 Å². The van der Waals surface area contributed by atoms with E-state index in [0.717, 1.165) is 25.0 Å². The van der Waals surface area contributed by atoms with Gasteiger partial charge < -0.3 is 31.2 Å². The molecule has 4 rings (SSSR count). The summed E-state index contributed by atoms with van der Waals surface area (Å²) in [5.74, 6) is 2.08. The first-order valence-electron chi connectivity index (χ1n) is 8.78. The molecule has 0 saturated carbocycles. The molecule has 0 bridgehead atoms. The van der Waals surface area contributed by atoms with Crippen LogP contribution in [0.3, 0.4) is 0 Å². The van der Waals surface area contributed by atoms with Crippen molar-refractivity contribution in [3.8, 4) is 11.5 Å². The normalized spacial score (nSPS) is 25.5. The fraction of sp³-hybridized carbons (Fsp3) is 0.529. The van der Waals surface area contributed by atoms with Crippen LogP contribution in [0.4, 0.5) is 16.2 Å². The number of hydrogen-bond acceptors (Lipinski definition) is 6. The zero-order valence-electron chi connectivity index (χ0n) is 14.2. The second-order valence-electron chi connectivity index (χ2n) is 6.71. The maximum absolute atomic E-state index is 12.2. The summed E-state index contributed by atoms with van der Waals surface area (Å²) in [6.07, 6.45) is 3.17. The molecule has 0 aromatic heterocycles. The highest BCUT2D eigenvalue weighted by Crippen LogP contribution is 2.38. The number of nitrogens with one attached hydrogen (secondary N) is 3. The monoisotopic (exact) mass is 378 g/mol. The van der Waals surface area contributed by atoms with Crippen LogP contribution in [0.1, 0.15) is 25.7 Å².